The molecule has 8 nitrogen and oxygen atoms in total. The maximum Gasteiger partial charge on any atom is 0.321 e. The second-order valence-electron chi connectivity index (χ2n) is 8.61. The minimum Gasteiger partial charge on any atom is -0.424 e. The van der Waals surface area contributed by atoms with Crippen LogP contribution >= 0.6 is 0 Å². The number of rotatable bonds is 6. The summed E-state index contributed by atoms with van der Waals surface area (Å²) >= 11 is 0. The topological polar surface area (TPSA) is 101 Å². The second kappa shape index (κ2) is 9.52. The van der Waals surface area contributed by atoms with E-state index in [9.17, 15) is 13.2 Å². The number of sulfonamides is 1. The third kappa shape index (κ3) is 4.80. The lowest BCUT2D eigenvalue weighted by molar-refractivity contribution is -0.120. The Bertz CT molecular complexity index is 1270. The summed E-state index contributed by atoms with van der Waals surface area (Å²) in [5.41, 5.74) is 3.05. The van der Waals surface area contributed by atoms with E-state index in [1.807, 2.05) is 12.1 Å². The van der Waals surface area contributed by atoms with Crippen molar-refractivity contribution in [2.45, 2.75) is 37.0 Å². The molecule has 2 aliphatic rings. The molecule has 0 bridgehead atoms. The first-order valence-electron chi connectivity index (χ1n) is 11.5. The number of amides is 1. The van der Waals surface area contributed by atoms with Crippen molar-refractivity contribution in [2.24, 2.45) is 5.92 Å². The Kier molecular flexibility index (Phi) is 6.30. The smallest absolute Gasteiger partial charge is 0.321 e. The maximum absolute atomic E-state index is 13.1. The molecular weight excluding hydrogens is 452 g/mol. The van der Waals surface area contributed by atoms with Gasteiger partial charge in [-0.2, -0.15) is 4.31 Å². The number of piperidine rings is 1. The highest BCUT2D eigenvalue weighted by atomic mass is 32.2. The number of hydrogen-bond acceptors (Lipinski definition) is 6. The number of anilines is 1. The van der Waals surface area contributed by atoms with Crippen LogP contribution in [0.2, 0.25) is 0 Å². The largest absolute Gasteiger partial charge is 0.424 e. The van der Waals surface area contributed by atoms with Gasteiger partial charge in [0.1, 0.15) is 5.75 Å². The van der Waals surface area contributed by atoms with Gasteiger partial charge in [-0.25, -0.2) is 18.4 Å². The van der Waals surface area contributed by atoms with Crippen LogP contribution in [0.15, 0.2) is 65.8 Å². The van der Waals surface area contributed by atoms with E-state index in [1.54, 1.807) is 48.8 Å². The summed E-state index contributed by atoms with van der Waals surface area (Å²) in [6, 6.07) is 14.4. The predicted octanol–water partition coefficient (Wildman–Crippen LogP) is 3.80. The number of aromatic nitrogens is 2. The van der Waals surface area contributed by atoms with E-state index in [2.05, 4.69) is 15.3 Å². The molecule has 0 atom stereocenters. The van der Waals surface area contributed by atoms with Gasteiger partial charge in [0.05, 0.1) is 4.90 Å². The molecule has 1 fully saturated rings. The second-order valence-corrected chi connectivity index (χ2v) is 10.5. The van der Waals surface area contributed by atoms with Crippen molar-refractivity contribution in [3.05, 3.63) is 72.1 Å². The molecule has 1 amide bonds. The van der Waals surface area contributed by atoms with Crippen molar-refractivity contribution in [1.82, 2.24) is 14.3 Å². The Morgan fingerprint density at radius 2 is 1.68 bits per heavy atom. The fourth-order valence-corrected chi connectivity index (χ4v) is 6.03. The molecule has 9 heteroatoms. The molecule has 3 aromatic rings. The fourth-order valence-electron chi connectivity index (χ4n) is 4.51. The molecule has 5 rings (SSSR count). The average molecular weight is 479 g/mol. The van der Waals surface area contributed by atoms with Gasteiger partial charge >= 0.3 is 6.01 Å². The third-order valence-electron chi connectivity index (χ3n) is 6.41. The van der Waals surface area contributed by atoms with E-state index in [4.69, 9.17) is 4.74 Å². The molecule has 2 heterocycles. The Morgan fingerprint density at radius 3 is 2.41 bits per heavy atom. The lowest BCUT2D eigenvalue weighted by Crippen LogP contribution is -2.41. The SMILES string of the molecule is O=C(Nc1ccc(Oc2ncccn2)cc1)C1CCN(S(=O)(=O)c2ccc3c(c2)CCC3)CC1. The Balaban J connectivity index is 1.16. The maximum atomic E-state index is 13.1. The van der Waals surface area contributed by atoms with Crippen molar-refractivity contribution >= 4 is 21.6 Å². The van der Waals surface area contributed by atoms with Crippen LogP contribution in [-0.4, -0.2) is 41.7 Å². The van der Waals surface area contributed by atoms with Crippen molar-refractivity contribution in [1.29, 1.82) is 0 Å². The average Bonchev–Trinajstić information content (AvgIpc) is 3.34. The molecule has 0 unspecified atom stereocenters. The number of hydrogen-bond donors (Lipinski definition) is 1. The summed E-state index contributed by atoms with van der Waals surface area (Å²) in [7, 11) is -3.54. The molecule has 0 saturated carbocycles. The van der Waals surface area contributed by atoms with Gasteiger partial charge in [-0.3, -0.25) is 4.79 Å². The van der Waals surface area contributed by atoms with Crippen LogP contribution in [0.5, 0.6) is 11.8 Å². The van der Waals surface area contributed by atoms with Gasteiger partial charge in [-0.1, -0.05) is 6.07 Å². The Hall–Kier alpha value is -3.30. The summed E-state index contributed by atoms with van der Waals surface area (Å²) in [5, 5.41) is 2.92. The molecular formula is C25H26N4O4S. The van der Waals surface area contributed by atoms with Gasteiger partial charge in [0.15, 0.2) is 0 Å². The zero-order valence-electron chi connectivity index (χ0n) is 18.7. The molecule has 176 valence electrons. The van der Waals surface area contributed by atoms with Crippen LogP contribution < -0.4 is 10.1 Å². The van der Waals surface area contributed by atoms with Gasteiger partial charge in [-0.15, -0.1) is 0 Å². The normalized spacial score (nSPS) is 16.7. The third-order valence-corrected chi connectivity index (χ3v) is 8.30. The molecule has 1 saturated heterocycles. The Labute approximate surface area is 199 Å². The number of benzene rings is 2. The molecule has 1 aliphatic carbocycles. The monoisotopic (exact) mass is 478 g/mol. The molecule has 1 aromatic heterocycles. The summed E-state index contributed by atoms with van der Waals surface area (Å²) in [4.78, 5) is 21.2. The number of carbonyl (C=O) groups excluding carboxylic acids is 1. The number of ether oxygens (including phenoxy) is 1. The number of aryl methyl sites for hydroxylation is 2. The van der Waals surface area contributed by atoms with Gasteiger partial charge in [0.25, 0.3) is 0 Å². The van der Waals surface area contributed by atoms with Crippen LogP contribution in [0.1, 0.15) is 30.4 Å². The van der Waals surface area contributed by atoms with Gasteiger partial charge in [0, 0.05) is 37.1 Å². The summed E-state index contributed by atoms with van der Waals surface area (Å²) < 4.78 is 33.3. The van der Waals surface area contributed by atoms with Gasteiger partial charge in [-0.05, 0) is 85.7 Å². The minimum atomic E-state index is -3.54. The zero-order chi connectivity index (χ0) is 23.5. The molecule has 0 radical (unpaired) electrons. The number of nitrogens with one attached hydrogen (secondary N) is 1. The summed E-state index contributed by atoms with van der Waals surface area (Å²) in [6.07, 6.45) is 7.21. The van der Waals surface area contributed by atoms with Gasteiger partial charge < -0.3 is 10.1 Å². The fraction of sp³-hybridized carbons (Fsp3) is 0.320. The lowest BCUT2D eigenvalue weighted by atomic mass is 9.97. The van der Waals surface area contributed by atoms with E-state index >= 15 is 0 Å². The van der Waals surface area contributed by atoms with E-state index in [0.29, 0.717) is 42.3 Å². The molecule has 1 aliphatic heterocycles. The van der Waals surface area contributed by atoms with E-state index < -0.39 is 10.0 Å². The number of fused-ring (bicyclic) bond motifs is 1. The van der Waals surface area contributed by atoms with Crippen LogP contribution in [0, 0.1) is 5.92 Å². The van der Waals surface area contributed by atoms with E-state index in [-0.39, 0.29) is 17.8 Å². The Morgan fingerprint density at radius 1 is 0.971 bits per heavy atom. The van der Waals surface area contributed by atoms with Crippen molar-refractivity contribution in [3.63, 3.8) is 0 Å². The molecule has 2 aromatic carbocycles. The zero-order valence-corrected chi connectivity index (χ0v) is 19.5. The van der Waals surface area contributed by atoms with E-state index in [1.165, 1.54) is 9.87 Å². The van der Waals surface area contributed by atoms with Crippen LogP contribution in [0.3, 0.4) is 0 Å². The van der Waals surface area contributed by atoms with E-state index in [0.717, 1.165) is 24.8 Å². The molecule has 1 N–H and O–H groups in total. The quantitative estimate of drug-likeness (QED) is 0.578. The highest BCUT2D eigenvalue weighted by Gasteiger charge is 2.32. The van der Waals surface area contributed by atoms with Crippen molar-refractivity contribution in [2.75, 3.05) is 18.4 Å². The first-order valence-corrected chi connectivity index (χ1v) is 12.9. The molecule has 0 spiro atoms. The lowest BCUT2D eigenvalue weighted by Gasteiger charge is -2.30. The highest BCUT2D eigenvalue weighted by Crippen LogP contribution is 2.29. The van der Waals surface area contributed by atoms with Crippen molar-refractivity contribution < 1.29 is 17.9 Å². The molecule has 34 heavy (non-hydrogen) atoms. The predicted molar refractivity (Wildman–Crippen MR) is 127 cm³/mol. The number of nitrogens with zero attached hydrogens (tertiary/aromatic N) is 3. The van der Waals surface area contributed by atoms with Crippen LogP contribution in [0.25, 0.3) is 0 Å². The number of carbonyl (C=O) groups is 1. The summed E-state index contributed by atoms with van der Waals surface area (Å²) in [6.45, 7) is 0.669. The van der Waals surface area contributed by atoms with Gasteiger partial charge in [0.2, 0.25) is 15.9 Å². The van der Waals surface area contributed by atoms with Crippen LogP contribution in [-0.2, 0) is 27.7 Å². The first kappa shape index (κ1) is 22.5. The highest BCUT2D eigenvalue weighted by molar-refractivity contribution is 7.89. The van der Waals surface area contributed by atoms with Crippen LogP contribution in [0.4, 0.5) is 5.69 Å². The summed E-state index contributed by atoms with van der Waals surface area (Å²) in [5.74, 6) is 0.226. The first-order chi connectivity index (χ1) is 16.5. The minimum absolute atomic E-state index is 0.102. The van der Waals surface area contributed by atoms with Crippen molar-refractivity contribution in [3.8, 4) is 11.8 Å². The standard InChI is InChI=1S/C25H26N4O4S/c30-24(28-21-6-8-22(9-7-21)33-25-26-13-2-14-27-25)19-11-15-29(16-12-19)34(31,32)23-10-5-18-3-1-4-20(18)17-23/h2,5-10,13-14,17,19H,1,3-4,11-12,15-16H2,(H,28,30).